The molecule has 0 saturated carbocycles. The molecule has 0 saturated heterocycles. The summed E-state index contributed by atoms with van der Waals surface area (Å²) in [6.07, 6.45) is 1.57. The van der Waals surface area contributed by atoms with Crippen LogP contribution in [0.3, 0.4) is 0 Å². The fraction of sp³-hybridized carbons (Fsp3) is 0.350. The van der Waals surface area contributed by atoms with Gasteiger partial charge in [0.25, 0.3) is 0 Å². The van der Waals surface area contributed by atoms with Crippen LogP contribution in [0.4, 0.5) is 4.39 Å². The van der Waals surface area contributed by atoms with Crippen molar-refractivity contribution in [1.82, 2.24) is 5.32 Å². The Morgan fingerprint density at radius 3 is 2.44 bits per heavy atom. The summed E-state index contributed by atoms with van der Waals surface area (Å²) in [7, 11) is 1.41. The van der Waals surface area contributed by atoms with Crippen LogP contribution in [0.2, 0.25) is 0 Å². The molecule has 0 aliphatic rings. The van der Waals surface area contributed by atoms with Crippen molar-refractivity contribution < 1.29 is 19.0 Å². The number of aryl methyl sites for hydroxylation is 2. The van der Waals surface area contributed by atoms with E-state index in [0.29, 0.717) is 6.42 Å². The van der Waals surface area contributed by atoms with Gasteiger partial charge in [-0.25, -0.2) is 4.39 Å². The summed E-state index contributed by atoms with van der Waals surface area (Å²) < 4.78 is 18.5. The number of aliphatic hydroxyl groups is 1. The average molecular weight is 345 g/mol. The van der Waals surface area contributed by atoms with Gasteiger partial charge in [-0.3, -0.25) is 4.79 Å². The Morgan fingerprint density at radius 2 is 1.88 bits per heavy atom. The quantitative estimate of drug-likeness (QED) is 0.772. The first-order valence-electron chi connectivity index (χ1n) is 8.38. The van der Waals surface area contributed by atoms with Gasteiger partial charge in [0, 0.05) is 6.42 Å². The van der Waals surface area contributed by atoms with E-state index in [2.05, 4.69) is 12.2 Å². The molecular weight excluding hydrogens is 321 g/mol. The molecule has 0 aliphatic heterocycles. The molecule has 2 aromatic carbocycles. The van der Waals surface area contributed by atoms with Gasteiger partial charge in [-0.15, -0.1) is 0 Å². The van der Waals surface area contributed by atoms with Gasteiger partial charge in [-0.1, -0.05) is 37.3 Å². The first kappa shape index (κ1) is 18.9. The largest absolute Gasteiger partial charge is 0.494 e. The maximum atomic E-state index is 13.7. The lowest BCUT2D eigenvalue weighted by Crippen LogP contribution is -2.30. The van der Waals surface area contributed by atoms with Crippen LogP contribution in [-0.4, -0.2) is 24.7 Å². The predicted octanol–water partition coefficient (Wildman–Crippen LogP) is 3.18. The van der Waals surface area contributed by atoms with Crippen LogP contribution in [0.1, 0.15) is 36.1 Å². The number of amides is 1. The minimum atomic E-state index is -0.440. The van der Waals surface area contributed by atoms with Gasteiger partial charge >= 0.3 is 0 Å². The minimum Gasteiger partial charge on any atom is -0.494 e. The Balaban J connectivity index is 1.92. The standard InChI is InChI=1S/C20H24FNO3/c1-3-14-4-8-16(9-5-14)18(13-23)22-20(24)11-7-15-6-10-19(25-2)17(21)12-15/h4-6,8-10,12,18,23H,3,7,11,13H2,1-2H3,(H,22,24). The Hall–Kier alpha value is -2.40. The normalized spacial score (nSPS) is 11.8. The fourth-order valence-corrected chi connectivity index (χ4v) is 2.61. The molecule has 134 valence electrons. The number of halogens is 1. The van der Waals surface area contributed by atoms with E-state index >= 15 is 0 Å². The van der Waals surface area contributed by atoms with Crippen molar-refractivity contribution in [3.8, 4) is 5.75 Å². The highest BCUT2D eigenvalue weighted by atomic mass is 19.1. The smallest absolute Gasteiger partial charge is 0.220 e. The molecule has 0 spiro atoms. The second-order valence-electron chi connectivity index (χ2n) is 5.87. The Labute approximate surface area is 147 Å². The zero-order valence-electron chi connectivity index (χ0n) is 14.6. The fourth-order valence-electron chi connectivity index (χ4n) is 2.61. The number of benzene rings is 2. The summed E-state index contributed by atoms with van der Waals surface area (Å²) in [6.45, 7) is 1.90. The molecular formula is C20H24FNO3. The van der Waals surface area contributed by atoms with Gasteiger partial charge in [0.05, 0.1) is 19.8 Å². The third-order valence-corrected chi connectivity index (χ3v) is 4.17. The molecule has 0 fully saturated rings. The number of methoxy groups -OCH3 is 1. The first-order chi connectivity index (χ1) is 12.1. The summed E-state index contributed by atoms with van der Waals surface area (Å²) in [5, 5.41) is 12.4. The van der Waals surface area contributed by atoms with Crippen LogP contribution in [-0.2, 0) is 17.6 Å². The number of ether oxygens (including phenoxy) is 1. The number of hydrogen-bond donors (Lipinski definition) is 2. The van der Waals surface area contributed by atoms with Gasteiger partial charge in [-0.2, -0.15) is 0 Å². The molecule has 1 unspecified atom stereocenters. The lowest BCUT2D eigenvalue weighted by Gasteiger charge is -2.17. The molecule has 0 heterocycles. The number of hydrogen-bond acceptors (Lipinski definition) is 3. The van der Waals surface area contributed by atoms with E-state index in [1.807, 2.05) is 24.3 Å². The van der Waals surface area contributed by atoms with E-state index in [9.17, 15) is 14.3 Å². The third-order valence-electron chi connectivity index (χ3n) is 4.17. The van der Waals surface area contributed by atoms with Crippen molar-refractivity contribution in [2.75, 3.05) is 13.7 Å². The second-order valence-corrected chi connectivity index (χ2v) is 5.87. The summed E-state index contributed by atoms with van der Waals surface area (Å²) >= 11 is 0. The average Bonchev–Trinajstić information content (AvgIpc) is 2.64. The molecule has 25 heavy (non-hydrogen) atoms. The molecule has 0 aliphatic carbocycles. The Morgan fingerprint density at radius 1 is 1.20 bits per heavy atom. The van der Waals surface area contributed by atoms with Crippen molar-refractivity contribution in [3.63, 3.8) is 0 Å². The van der Waals surface area contributed by atoms with Crippen LogP contribution in [0, 0.1) is 5.82 Å². The van der Waals surface area contributed by atoms with Gasteiger partial charge in [0.2, 0.25) is 5.91 Å². The molecule has 1 atom stereocenters. The highest BCUT2D eigenvalue weighted by molar-refractivity contribution is 5.76. The molecule has 4 nitrogen and oxygen atoms in total. The molecule has 0 aromatic heterocycles. The van der Waals surface area contributed by atoms with Gasteiger partial charge in [0.1, 0.15) is 0 Å². The molecule has 0 radical (unpaired) electrons. The summed E-state index contributed by atoms with van der Waals surface area (Å²) in [5.41, 5.74) is 2.79. The molecule has 2 aromatic rings. The van der Waals surface area contributed by atoms with E-state index in [-0.39, 0.29) is 24.7 Å². The molecule has 2 rings (SSSR count). The van der Waals surface area contributed by atoms with E-state index < -0.39 is 11.9 Å². The minimum absolute atomic E-state index is 0.172. The zero-order valence-corrected chi connectivity index (χ0v) is 14.6. The molecule has 2 N–H and O–H groups in total. The molecule has 0 bridgehead atoms. The zero-order chi connectivity index (χ0) is 18.2. The van der Waals surface area contributed by atoms with Gasteiger partial charge < -0.3 is 15.2 Å². The van der Waals surface area contributed by atoms with Crippen molar-refractivity contribution in [2.24, 2.45) is 0 Å². The maximum absolute atomic E-state index is 13.7. The highest BCUT2D eigenvalue weighted by Gasteiger charge is 2.14. The van der Waals surface area contributed by atoms with Crippen LogP contribution in [0.15, 0.2) is 42.5 Å². The number of carbonyl (C=O) groups excluding carboxylic acids is 1. The van der Waals surface area contributed by atoms with E-state index in [4.69, 9.17) is 4.74 Å². The van der Waals surface area contributed by atoms with Crippen LogP contribution < -0.4 is 10.1 Å². The van der Waals surface area contributed by atoms with Crippen LogP contribution in [0.5, 0.6) is 5.75 Å². The van der Waals surface area contributed by atoms with Crippen LogP contribution in [0.25, 0.3) is 0 Å². The molecule has 5 heteroatoms. The monoisotopic (exact) mass is 345 g/mol. The van der Waals surface area contributed by atoms with Crippen molar-refractivity contribution >= 4 is 5.91 Å². The SMILES string of the molecule is CCc1ccc(C(CO)NC(=O)CCc2ccc(OC)c(F)c2)cc1. The van der Waals surface area contributed by atoms with E-state index in [0.717, 1.165) is 17.5 Å². The number of aliphatic hydroxyl groups excluding tert-OH is 1. The molecule has 1 amide bonds. The Bertz CT molecular complexity index is 701. The van der Waals surface area contributed by atoms with Crippen LogP contribution >= 0.6 is 0 Å². The van der Waals surface area contributed by atoms with Crippen molar-refractivity contribution in [3.05, 3.63) is 65.0 Å². The number of rotatable bonds is 8. The van der Waals surface area contributed by atoms with E-state index in [1.54, 1.807) is 12.1 Å². The predicted molar refractivity (Wildman–Crippen MR) is 95.1 cm³/mol. The maximum Gasteiger partial charge on any atom is 0.220 e. The van der Waals surface area contributed by atoms with Gasteiger partial charge in [-0.05, 0) is 41.7 Å². The summed E-state index contributed by atoms with van der Waals surface area (Å²) in [6, 6.07) is 12.0. The summed E-state index contributed by atoms with van der Waals surface area (Å²) in [4.78, 5) is 12.1. The summed E-state index contributed by atoms with van der Waals surface area (Å²) in [5.74, 6) is -0.441. The lowest BCUT2D eigenvalue weighted by atomic mass is 10.0. The number of nitrogens with one attached hydrogen (secondary N) is 1. The van der Waals surface area contributed by atoms with E-state index in [1.165, 1.54) is 18.7 Å². The lowest BCUT2D eigenvalue weighted by molar-refractivity contribution is -0.122. The highest BCUT2D eigenvalue weighted by Crippen LogP contribution is 2.19. The number of carbonyl (C=O) groups is 1. The van der Waals surface area contributed by atoms with Crippen molar-refractivity contribution in [2.45, 2.75) is 32.2 Å². The third kappa shape index (κ3) is 5.29. The second kappa shape index (κ2) is 9.18. The first-order valence-corrected chi connectivity index (χ1v) is 8.38. The topological polar surface area (TPSA) is 58.6 Å². The van der Waals surface area contributed by atoms with Gasteiger partial charge in [0.15, 0.2) is 11.6 Å². The Kier molecular flexibility index (Phi) is 6.95. The van der Waals surface area contributed by atoms with Crippen molar-refractivity contribution in [1.29, 1.82) is 0 Å².